The minimum absolute atomic E-state index is 0.555. The summed E-state index contributed by atoms with van der Waals surface area (Å²) in [6.45, 7) is 1.88. The minimum atomic E-state index is 0.555. The normalized spacial score (nSPS) is 10.1. The lowest BCUT2D eigenvalue weighted by molar-refractivity contribution is 0.571. The molecule has 14 heavy (non-hydrogen) atoms. The molecule has 0 radical (unpaired) electrons. The molecule has 0 spiro atoms. The number of hydrogen-bond donors (Lipinski definition) is 1. The van der Waals surface area contributed by atoms with E-state index in [4.69, 9.17) is 4.42 Å². The van der Waals surface area contributed by atoms with Gasteiger partial charge in [0.2, 0.25) is 5.89 Å². The van der Waals surface area contributed by atoms with Crippen LogP contribution in [-0.2, 0) is 0 Å². The van der Waals surface area contributed by atoms with E-state index in [1.54, 1.807) is 6.26 Å². The number of nitrogens with zero attached hydrogens (tertiary/aromatic N) is 2. The Morgan fingerprint density at radius 1 is 1.29 bits per heavy atom. The average Bonchev–Trinajstić information content (AvgIpc) is 2.65. The SMILES string of the molecule is CNc1cccc(-c2nc(C)co2)n1. The zero-order valence-electron chi connectivity index (χ0n) is 8.11. The lowest BCUT2D eigenvalue weighted by Gasteiger charge is -1.99. The van der Waals surface area contributed by atoms with Crippen LogP contribution in [0.4, 0.5) is 5.82 Å². The Kier molecular flexibility index (Phi) is 2.18. The van der Waals surface area contributed by atoms with E-state index in [1.165, 1.54) is 0 Å². The zero-order valence-corrected chi connectivity index (χ0v) is 8.11. The van der Waals surface area contributed by atoms with Crippen molar-refractivity contribution in [3.05, 3.63) is 30.2 Å². The predicted octanol–water partition coefficient (Wildman–Crippen LogP) is 2.09. The Balaban J connectivity index is 2.41. The van der Waals surface area contributed by atoms with Crippen LogP contribution in [0.1, 0.15) is 5.69 Å². The molecule has 2 rings (SSSR count). The van der Waals surface area contributed by atoms with E-state index in [1.807, 2.05) is 32.2 Å². The van der Waals surface area contributed by atoms with Crippen molar-refractivity contribution in [2.45, 2.75) is 6.92 Å². The molecule has 2 aromatic rings. The number of pyridine rings is 1. The molecule has 0 saturated carbocycles. The van der Waals surface area contributed by atoms with Crippen LogP contribution in [0.3, 0.4) is 0 Å². The molecule has 0 aromatic carbocycles. The van der Waals surface area contributed by atoms with E-state index in [0.717, 1.165) is 17.2 Å². The van der Waals surface area contributed by atoms with E-state index in [-0.39, 0.29) is 0 Å². The quantitative estimate of drug-likeness (QED) is 0.785. The van der Waals surface area contributed by atoms with Crippen molar-refractivity contribution >= 4 is 5.82 Å². The third-order valence-corrected chi connectivity index (χ3v) is 1.84. The molecule has 0 fully saturated rings. The van der Waals surface area contributed by atoms with Gasteiger partial charge in [0.1, 0.15) is 17.8 Å². The van der Waals surface area contributed by atoms with Gasteiger partial charge in [0.25, 0.3) is 0 Å². The highest BCUT2D eigenvalue weighted by molar-refractivity contribution is 5.51. The number of hydrogen-bond acceptors (Lipinski definition) is 4. The van der Waals surface area contributed by atoms with Gasteiger partial charge in [0, 0.05) is 7.05 Å². The summed E-state index contributed by atoms with van der Waals surface area (Å²) in [7, 11) is 1.83. The molecule has 0 amide bonds. The molecule has 2 aromatic heterocycles. The molecule has 0 aliphatic rings. The average molecular weight is 189 g/mol. The molecule has 4 nitrogen and oxygen atoms in total. The lowest BCUT2D eigenvalue weighted by atomic mass is 10.3. The van der Waals surface area contributed by atoms with Crippen LogP contribution in [0, 0.1) is 6.92 Å². The highest BCUT2D eigenvalue weighted by Gasteiger charge is 2.05. The Bertz CT molecular complexity index is 436. The Morgan fingerprint density at radius 2 is 2.14 bits per heavy atom. The zero-order chi connectivity index (χ0) is 9.97. The fourth-order valence-corrected chi connectivity index (χ4v) is 1.16. The summed E-state index contributed by atoms with van der Waals surface area (Å²) in [5.41, 5.74) is 1.60. The molecule has 0 atom stereocenters. The molecular formula is C10H11N3O. The van der Waals surface area contributed by atoms with E-state index < -0.39 is 0 Å². The second-order valence-electron chi connectivity index (χ2n) is 2.95. The summed E-state index contributed by atoms with van der Waals surface area (Å²) in [5.74, 6) is 1.36. The van der Waals surface area contributed by atoms with Gasteiger partial charge in [0.05, 0.1) is 5.69 Å². The van der Waals surface area contributed by atoms with Crippen molar-refractivity contribution in [2.75, 3.05) is 12.4 Å². The van der Waals surface area contributed by atoms with Crippen molar-refractivity contribution in [1.82, 2.24) is 9.97 Å². The molecule has 0 saturated heterocycles. The van der Waals surface area contributed by atoms with Crippen molar-refractivity contribution in [1.29, 1.82) is 0 Å². The van der Waals surface area contributed by atoms with Crippen LogP contribution in [0.25, 0.3) is 11.6 Å². The second kappa shape index (κ2) is 3.49. The first-order chi connectivity index (χ1) is 6.79. The maximum Gasteiger partial charge on any atom is 0.245 e. The molecule has 2 heterocycles. The maximum atomic E-state index is 5.25. The third-order valence-electron chi connectivity index (χ3n) is 1.84. The summed E-state index contributed by atoms with van der Waals surface area (Å²) in [6, 6.07) is 5.67. The van der Waals surface area contributed by atoms with Crippen LogP contribution in [0.15, 0.2) is 28.9 Å². The van der Waals surface area contributed by atoms with Gasteiger partial charge in [0.15, 0.2) is 0 Å². The van der Waals surface area contributed by atoms with Gasteiger partial charge in [-0.05, 0) is 19.1 Å². The van der Waals surface area contributed by atoms with Crippen LogP contribution >= 0.6 is 0 Å². The van der Waals surface area contributed by atoms with Crippen molar-refractivity contribution < 1.29 is 4.42 Å². The number of oxazole rings is 1. The number of aryl methyl sites for hydroxylation is 1. The summed E-state index contributed by atoms with van der Waals surface area (Å²) in [6.07, 6.45) is 1.61. The minimum Gasteiger partial charge on any atom is -0.443 e. The fraction of sp³-hybridized carbons (Fsp3) is 0.200. The standard InChI is InChI=1S/C10H11N3O/c1-7-6-14-10(12-7)8-4-3-5-9(11-2)13-8/h3-6H,1-2H3,(H,11,13). The monoisotopic (exact) mass is 189 g/mol. The second-order valence-corrected chi connectivity index (χ2v) is 2.95. The Hall–Kier alpha value is -1.84. The van der Waals surface area contributed by atoms with Crippen molar-refractivity contribution in [3.63, 3.8) is 0 Å². The molecule has 0 aliphatic carbocycles. The number of nitrogens with one attached hydrogen (secondary N) is 1. The summed E-state index contributed by atoms with van der Waals surface area (Å²) in [5, 5.41) is 2.96. The van der Waals surface area contributed by atoms with Gasteiger partial charge >= 0.3 is 0 Å². The first-order valence-electron chi connectivity index (χ1n) is 4.37. The Labute approximate surface area is 82.0 Å². The molecule has 0 bridgehead atoms. The Morgan fingerprint density at radius 3 is 2.79 bits per heavy atom. The van der Waals surface area contributed by atoms with Gasteiger partial charge in [-0.2, -0.15) is 0 Å². The first-order valence-corrected chi connectivity index (χ1v) is 4.37. The van der Waals surface area contributed by atoms with E-state index >= 15 is 0 Å². The highest BCUT2D eigenvalue weighted by atomic mass is 16.3. The van der Waals surface area contributed by atoms with Crippen LogP contribution in [0.2, 0.25) is 0 Å². The van der Waals surface area contributed by atoms with Gasteiger partial charge in [-0.15, -0.1) is 0 Å². The molecule has 1 N–H and O–H groups in total. The van der Waals surface area contributed by atoms with Crippen molar-refractivity contribution in [2.24, 2.45) is 0 Å². The molecular weight excluding hydrogens is 178 g/mol. The highest BCUT2D eigenvalue weighted by Crippen LogP contribution is 2.17. The van der Waals surface area contributed by atoms with Gasteiger partial charge in [-0.3, -0.25) is 0 Å². The van der Waals surface area contributed by atoms with E-state index in [2.05, 4.69) is 15.3 Å². The number of rotatable bonds is 2. The van der Waals surface area contributed by atoms with E-state index in [9.17, 15) is 0 Å². The first kappa shape index (κ1) is 8.74. The molecule has 0 aliphatic heterocycles. The molecule has 0 unspecified atom stereocenters. The van der Waals surface area contributed by atoms with E-state index in [0.29, 0.717) is 5.89 Å². The third kappa shape index (κ3) is 1.59. The van der Waals surface area contributed by atoms with Gasteiger partial charge in [-0.25, -0.2) is 9.97 Å². The maximum absolute atomic E-state index is 5.25. The molecule has 72 valence electrons. The lowest BCUT2D eigenvalue weighted by Crippen LogP contribution is -1.93. The fourth-order valence-electron chi connectivity index (χ4n) is 1.16. The summed E-state index contributed by atoms with van der Waals surface area (Å²) >= 11 is 0. The number of aromatic nitrogens is 2. The topological polar surface area (TPSA) is 51.0 Å². The van der Waals surface area contributed by atoms with Crippen LogP contribution in [-0.4, -0.2) is 17.0 Å². The number of anilines is 1. The smallest absolute Gasteiger partial charge is 0.245 e. The van der Waals surface area contributed by atoms with Gasteiger partial charge < -0.3 is 9.73 Å². The van der Waals surface area contributed by atoms with Crippen LogP contribution in [0.5, 0.6) is 0 Å². The van der Waals surface area contributed by atoms with Crippen LogP contribution < -0.4 is 5.32 Å². The predicted molar refractivity (Wildman–Crippen MR) is 54.0 cm³/mol. The van der Waals surface area contributed by atoms with Crippen molar-refractivity contribution in [3.8, 4) is 11.6 Å². The summed E-state index contributed by atoms with van der Waals surface area (Å²) < 4.78 is 5.25. The summed E-state index contributed by atoms with van der Waals surface area (Å²) in [4.78, 5) is 8.51. The molecule has 4 heteroatoms. The van der Waals surface area contributed by atoms with Gasteiger partial charge in [-0.1, -0.05) is 6.07 Å². The largest absolute Gasteiger partial charge is 0.443 e.